The topological polar surface area (TPSA) is 173 Å². The molecule has 0 bridgehead atoms. The van der Waals surface area contributed by atoms with Gasteiger partial charge in [-0.05, 0) is 17.7 Å². The zero-order chi connectivity index (χ0) is 17.7. The number of benzene rings is 1. The predicted molar refractivity (Wildman–Crippen MR) is 71.4 cm³/mol. The van der Waals surface area contributed by atoms with Crippen LogP contribution in [0.1, 0.15) is 17.0 Å². The molecule has 23 heavy (non-hydrogen) atoms. The predicted octanol–water partition coefficient (Wildman–Crippen LogP) is 0.213. The summed E-state index contributed by atoms with van der Waals surface area (Å²) in [6, 6.07) is 6.48. The highest BCUT2D eigenvalue weighted by Crippen LogP contribution is 2.34. The molecule has 1 aromatic carbocycles. The summed E-state index contributed by atoms with van der Waals surface area (Å²) in [4.78, 5) is 44.8. The van der Waals surface area contributed by atoms with Crippen LogP contribution in [0, 0.1) is 23.2 Å². The Morgan fingerprint density at radius 2 is 1.13 bits per heavy atom. The van der Waals surface area contributed by atoms with Crippen molar-refractivity contribution >= 4 is 23.9 Å². The lowest BCUT2D eigenvalue weighted by Crippen LogP contribution is -2.40. The van der Waals surface area contributed by atoms with Gasteiger partial charge in [0.1, 0.15) is 0 Å². The van der Waals surface area contributed by atoms with E-state index in [0.29, 0.717) is 0 Å². The second-order valence-corrected chi connectivity index (χ2v) is 4.57. The molecule has 0 aromatic heterocycles. The molecule has 1 aromatic rings. The molecule has 0 atom stereocenters. The van der Waals surface area contributed by atoms with E-state index in [1.807, 2.05) is 0 Å². The molecule has 120 valence electrons. The smallest absolute Gasteiger partial charge is 0.318 e. The van der Waals surface area contributed by atoms with Crippen LogP contribution in [0.4, 0.5) is 0 Å². The molecule has 0 aliphatic rings. The molecule has 0 spiro atoms. The maximum Gasteiger partial charge on any atom is 0.318 e. The highest BCUT2D eigenvalue weighted by molar-refractivity contribution is 5.99. The number of rotatable bonds is 7. The first kappa shape index (κ1) is 17.6. The van der Waals surface area contributed by atoms with Crippen molar-refractivity contribution in [3.63, 3.8) is 0 Å². The van der Waals surface area contributed by atoms with E-state index in [1.54, 1.807) is 6.07 Å². The SMILES string of the molecule is N#Cc1ccc(C(C(C(=O)O)C(=O)O)C(C(=O)O)C(=O)O)cc1. The maximum atomic E-state index is 11.2. The summed E-state index contributed by atoms with van der Waals surface area (Å²) < 4.78 is 0. The normalized spacial score (nSPS) is 10.5. The minimum Gasteiger partial charge on any atom is -0.481 e. The van der Waals surface area contributed by atoms with Gasteiger partial charge >= 0.3 is 23.9 Å². The van der Waals surface area contributed by atoms with Crippen LogP contribution in [-0.2, 0) is 19.2 Å². The van der Waals surface area contributed by atoms with Crippen molar-refractivity contribution in [1.82, 2.24) is 0 Å². The first-order valence-corrected chi connectivity index (χ1v) is 6.12. The molecule has 4 N–H and O–H groups in total. The third-order valence-corrected chi connectivity index (χ3v) is 3.21. The number of hydrogen-bond donors (Lipinski definition) is 4. The number of carbonyl (C=O) groups is 4. The minimum absolute atomic E-state index is 0.117. The first-order chi connectivity index (χ1) is 10.7. The Kier molecular flexibility index (Phi) is 5.40. The minimum atomic E-state index is -2.28. The van der Waals surface area contributed by atoms with Gasteiger partial charge in [-0.2, -0.15) is 5.26 Å². The molecule has 9 heteroatoms. The summed E-state index contributed by atoms with van der Waals surface area (Å²) in [5.41, 5.74) is 0.0468. The molecule has 0 saturated carbocycles. The summed E-state index contributed by atoms with van der Waals surface area (Å²) in [5.74, 6) is -13.9. The van der Waals surface area contributed by atoms with Gasteiger partial charge in [0.05, 0.1) is 11.6 Å². The Balaban J connectivity index is 3.54. The average molecular weight is 321 g/mol. The van der Waals surface area contributed by atoms with Crippen LogP contribution in [-0.4, -0.2) is 44.3 Å². The standard InChI is InChI=1S/C14H11NO8/c15-5-6-1-3-7(4-2-6)8(9(11(16)17)12(18)19)10(13(20)21)14(22)23/h1-4,8-10H,(H,16,17)(H,18,19)(H,20,21)(H,22,23). The Labute approximate surface area is 129 Å². The number of carboxylic acid groups (broad SMARTS) is 4. The van der Waals surface area contributed by atoms with Crippen LogP contribution in [0.2, 0.25) is 0 Å². The summed E-state index contributed by atoms with van der Waals surface area (Å²) in [6.45, 7) is 0. The van der Waals surface area contributed by atoms with E-state index in [0.717, 1.165) is 12.1 Å². The molecule has 0 radical (unpaired) electrons. The van der Waals surface area contributed by atoms with Gasteiger partial charge in [-0.3, -0.25) is 19.2 Å². The van der Waals surface area contributed by atoms with Gasteiger partial charge in [0.15, 0.2) is 11.8 Å². The Hall–Kier alpha value is -3.41. The molecule has 0 saturated heterocycles. The van der Waals surface area contributed by atoms with Gasteiger partial charge in [-0.25, -0.2) is 0 Å². The summed E-state index contributed by atoms with van der Waals surface area (Å²) in [7, 11) is 0. The molecule has 0 fully saturated rings. The Morgan fingerprint density at radius 1 is 0.783 bits per heavy atom. The zero-order valence-electron chi connectivity index (χ0n) is 11.4. The van der Waals surface area contributed by atoms with E-state index in [1.165, 1.54) is 12.1 Å². The Bertz CT molecular complexity index is 628. The van der Waals surface area contributed by atoms with Crippen molar-refractivity contribution in [3.05, 3.63) is 35.4 Å². The van der Waals surface area contributed by atoms with E-state index < -0.39 is 41.6 Å². The second kappa shape index (κ2) is 7.04. The molecule has 0 aliphatic carbocycles. The lowest BCUT2D eigenvalue weighted by Gasteiger charge is -2.24. The summed E-state index contributed by atoms with van der Waals surface area (Å²) >= 11 is 0. The Morgan fingerprint density at radius 3 is 1.39 bits per heavy atom. The number of carboxylic acids is 4. The molecule has 0 unspecified atom stereocenters. The average Bonchev–Trinajstić information content (AvgIpc) is 2.45. The van der Waals surface area contributed by atoms with Gasteiger partial charge in [0, 0.05) is 5.92 Å². The zero-order valence-corrected chi connectivity index (χ0v) is 11.4. The molecule has 0 heterocycles. The number of aliphatic carboxylic acids is 4. The molecule has 9 nitrogen and oxygen atoms in total. The van der Waals surface area contributed by atoms with Gasteiger partial charge in [-0.15, -0.1) is 0 Å². The van der Waals surface area contributed by atoms with Crippen molar-refractivity contribution < 1.29 is 39.6 Å². The van der Waals surface area contributed by atoms with Gasteiger partial charge in [0.2, 0.25) is 0 Å². The summed E-state index contributed by atoms with van der Waals surface area (Å²) in [5, 5.41) is 45.0. The van der Waals surface area contributed by atoms with Crippen LogP contribution >= 0.6 is 0 Å². The lowest BCUT2D eigenvalue weighted by molar-refractivity contribution is -0.161. The van der Waals surface area contributed by atoms with Crippen molar-refractivity contribution in [2.24, 2.45) is 11.8 Å². The maximum absolute atomic E-state index is 11.2. The fourth-order valence-corrected chi connectivity index (χ4v) is 2.18. The van der Waals surface area contributed by atoms with Crippen molar-refractivity contribution in [2.75, 3.05) is 0 Å². The first-order valence-electron chi connectivity index (χ1n) is 6.12. The monoisotopic (exact) mass is 321 g/mol. The third-order valence-electron chi connectivity index (χ3n) is 3.21. The van der Waals surface area contributed by atoms with E-state index in [9.17, 15) is 19.2 Å². The highest BCUT2D eigenvalue weighted by atomic mass is 16.4. The van der Waals surface area contributed by atoms with Crippen LogP contribution in [0.15, 0.2) is 24.3 Å². The third kappa shape index (κ3) is 3.82. The van der Waals surface area contributed by atoms with Crippen molar-refractivity contribution in [1.29, 1.82) is 5.26 Å². The number of hydrogen-bond acceptors (Lipinski definition) is 5. The van der Waals surface area contributed by atoms with Gasteiger partial charge in [-0.1, -0.05) is 12.1 Å². The summed E-state index contributed by atoms with van der Waals surface area (Å²) in [6.07, 6.45) is 0. The molecular formula is C14H11NO8. The molecule has 0 aliphatic heterocycles. The quantitative estimate of drug-likeness (QED) is 0.512. The van der Waals surface area contributed by atoms with E-state index in [-0.39, 0.29) is 11.1 Å². The fourth-order valence-electron chi connectivity index (χ4n) is 2.18. The molecule has 1 rings (SSSR count). The van der Waals surface area contributed by atoms with Gasteiger partial charge in [0.25, 0.3) is 0 Å². The van der Waals surface area contributed by atoms with Gasteiger partial charge < -0.3 is 20.4 Å². The van der Waals surface area contributed by atoms with E-state index in [4.69, 9.17) is 25.7 Å². The second-order valence-electron chi connectivity index (χ2n) is 4.57. The largest absolute Gasteiger partial charge is 0.481 e. The number of nitrogens with zero attached hydrogens (tertiary/aromatic N) is 1. The van der Waals surface area contributed by atoms with Crippen molar-refractivity contribution in [3.8, 4) is 6.07 Å². The molecule has 0 amide bonds. The van der Waals surface area contributed by atoms with Crippen LogP contribution < -0.4 is 0 Å². The highest BCUT2D eigenvalue weighted by Gasteiger charge is 2.47. The fraction of sp³-hybridized carbons (Fsp3) is 0.214. The lowest BCUT2D eigenvalue weighted by atomic mass is 9.76. The molecular weight excluding hydrogens is 310 g/mol. The van der Waals surface area contributed by atoms with Crippen molar-refractivity contribution in [2.45, 2.75) is 5.92 Å². The van der Waals surface area contributed by atoms with E-state index in [2.05, 4.69) is 0 Å². The van der Waals surface area contributed by atoms with E-state index >= 15 is 0 Å². The number of nitriles is 1. The van der Waals surface area contributed by atoms with Crippen LogP contribution in [0.5, 0.6) is 0 Å². The van der Waals surface area contributed by atoms with Crippen LogP contribution in [0.3, 0.4) is 0 Å². The van der Waals surface area contributed by atoms with Crippen LogP contribution in [0.25, 0.3) is 0 Å².